The van der Waals surface area contributed by atoms with E-state index < -0.39 is 53.3 Å². The molecule has 0 radical (unpaired) electrons. The number of rotatable bonds is 14. The average molecular weight is 812 g/mol. The van der Waals surface area contributed by atoms with Gasteiger partial charge in [0.1, 0.15) is 22.8 Å². The number of nitrogens with two attached hydrogens (primary N) is 1. The van der Waals surface area contributed by atoms with Gasteiger partial charge < -0.3 is 30.1 Å². The lowest BCUT2D eigenvalue weighted by molar-refractivity contribution is -0.169. The monoisotopic (exact) mass is 811 g/mol. The third-order valence-electron chi connectivity index (χ3n) is 8.40. The molecule has 3 aromatic carbocycles. The summed E-state index contributed by atoms with van der Waals surface area (Å²) in [6, 6.07) is 27.4. The first-order valence-electron chi connectivity index (χ1n) is 17.3. The van der Waals surface area contributed by atoms with Crippen LogP contribution in [0.3, 0.4) is 0 Å². The number of fused-ring (bicyclic) bond motifs is 1. The molecule has 0 saturated carbocycles. The number of esters is 1. The van der Waals surface area contributed by atoms with Gasteiger partial charge >= 0.3 is 12.1 Å². The van der Waals surface area contributed by atoms with E-state index in [1.54, 1.807) is 19.2 Å². The van der Waals surface area contributed by atoms with Crippen molar-refractivity contribution in [3.8, 4) is 12.3 Å². The Hall–Kier alpha value is -5.76. The molecule has 1 unspecified atom stereocenters. The van der Waals surface area contributed by atoms with Crippen LogP contribution in [0.1, 0.15) is 43.2 Å². The van der Waals surface area contributed by atoms with Crippen molar-refractivity contribution in [2.24, 2.45) is 5.16 Å². The molecule has 0 bridgehead atoms. The fourth-order valence-corrected chi connectivity index (χ4v) is 8.86. The molecule has 3 heterocycles. The molecule has 0 aliphatic carbocycles. The maximum absolute atomic E-state index is 14.3. The number of nitrogens with one attached hydrogen (secondary N) is 1. The van der Waals surface area contributed by atoms with E-state index in [0.717, 1.165) is 28.0 Å². The van der Waals surface area contributed by atoms with Crippen LogP contribution in [-0.4, -0.2) is 74.9 Å². The van der Waals surface area contributed by atoms with Crippen LogP contribution in [0.4, 0.5) is 9.93 Å². The summed E-state index contributed by atoms with van der Waals surface area (Å²) in [5.74, 6) is 0.761. The van der Waals surface area contributed by atoms with Gasteiger partial charge in [-0.2, -0.15) is 0 Å². The number of thioether (sulfide) groups is 2. The van der Waals surface area contributed by atoms with Crippen molar-refractivity contribution >= 4 is 69.6 Å². The van der Waals surface area contributed by atoms with Gasteiger partial charge in [0.15, 0.2) is 10.8 Å². The highest BCUT2D eigenvalue weighted by Gasteiger charge is 2.55. The summed E-state index contributed by atoms with van der Waals surface area (Å²) in [7, 11) is 0. The quantitative estimate of drug-likeness (QED) is 0.0296. The van der Waals surface area contributed by atoms with Gasteiger partial charge in [-0.05, 0) is 13.8 Å². The summed E-state index contributed by atoms with van der Waals surface area (Å²) >= 11 is 3.64. The molecular weight excluding hydrogens is 775 g/mol. The Morgan fingerprint density at radius 3 is 2.09 bits per heavy atom. The molecule has 3 atom stereocenters. The smallest absolute Gasteiger partial charge is 0.431 e. The number of terminal acetylenes is 1. The molecule has 3 N–H and O–H groups in total. The molecule has 1 aromatic heterocycles. The van der Waals surface area contributed by atoms with E-state index >= 15 is 0 Å². The van der Waals surface area contributed by atoms with Crippen LogP contribution in [-0.2, 0) is 39.0 Å². The number of nitrogens with zero attached hydrogens (tertiary/aromatic N) is 3. The molecule has 2 aliphatic rings. The van der Waals surface area contributed by atoms with E-state index in [2.05, 4.69) is 21.4 Å². The Labute approximate surface area is 336 Å². The Bertz CT molecular complexity index is 2080. The van der Waals surface area contributed by atoms with Crippen LogP contribution >= 0.6 is 34.9 Å². The second-order valence-electron chi connectivity index (χ2n) is 12.5. The molecular formula is C40H37N5O8S3. The van der Waals surface area contributed by atoms with Crippen molar-refractivity contribution < 1.29 is 38.2 Å². The molecule has 6 rings (SSSR count). The number of aromatic nitrogens is 1. The lowest BCUT2D eigenvalue weighted by Crippen LogP contribution is -2.71. The average Bonchev–Trinajstić information content (AvgIpc) is 3.63. The summed E-state index contributed by atoms with van der Waals surface area (Å²) in [4.78, 5) is 66.4. The fraction of sp³-hybridized carbons (Fsp3) is 0.250. The number of amides is 2. The highest BCUT2D eigenvalue weighted by Crippen LogP contribution is 2.44. The first kappa shape index (κ1) is 39.9. The maximum atomic E-state index is 14.3. The van der Waals surface area contributed by atoms with Crippen LogP contribution in [0.2, 0.25) is 0 Å². The number of thiazole rings is 1. The number of benzene rings is 3. The minimum atomic E-state index is -1.33. The minimum absolute atomic E-state index is 0.0555. The van der Waals surface area contributed by atoms with E-state index in [4.69, 9.17) is 31.2 Å². The zero-order chi connectivity index (χ0) is 39.8. The van der Waals surface area contributed by atoms with Crippen molar-refractivity contribution in [1.82, 2.24) is 15.2 Å². The molecule has 0 spiro atoms. The number of nitrogen functional groups attached to an aromatic ring is 1. The van der Waals surface area contributed by atoms with Crippen LogP contribution in [0, 0.1) is 12.3 Å². The van der Waals surface area contributed by atoms with Crippen molar-refractivity contribution in [2.45, 2.75) is 50.2 Å². The third-order valence-corrected chi connectivity index (χ3v) is 11.5. The first-order valence-corrected chi connectivity index (χ1v) is 20.2. The molecule has 4 aromatic rings. The van der Waals surface area contributed by atoms with Gasteiger partial charge in [-0.3, -0.25) is 14.5 Å². The summed E-state index contributed by atoms with van der Waals surface area (Å²) in [6.45, 7) is 4.63. The standard InChI is InChI=1S/C40H37N5O8S3/c1-5-21-54-30-23-55-36-32(35(47)45(36)33(30)37(48)51-25(4)52-39(49)50-24(2)3)43-34(46)31(29-22-56-38(41)42-29)44-53-40(26-15-9-6-10-16-26,27-17-11-7-12-18-27)28-19-13-8-14-20-28/h1,6-20,22,24-25,32,36H,21,23H2,2-4H3,(H2,41,42)(H,43,46)/b44-31-/t25?,32-,36+/m1/s1. The van der Waals surface area contributed by atoms with Gasteiger partial charge in [0, 0.05) is 39.7 Å². The normalized spacial score (nSPS) is 17.2. The Balaban J connectivity index is 1.30. The van der Waals surface area contributed by atoms with E-state index in [9.17, 15) is 19.2 Å². The second-order valence-corrected chi connectivity index (χ2v) is 15.6. The van der Waals surface area contributed by atoms with Crippen molar-refractivity contribution in [3.63, 3.8) is 0 Å². The minimum Gasteiger partial charge on any atom is -0.431 e. The predicted molar refractivity (Wildman–Crippen MR) is 215 cm³/mol. The highest BCUT2D eigenvalue weighted by atomic mass is 32.2. The number of anilines is 1. The number of hydrogen-bond acceptors (Lipinski definition) is 14. The number of hydrogen-bond donors (Lipinski definition) is 2. The molecule has 288 valence electrons. The van der Waals surface area contributed by atoms with Gasteiger partial charge in [-0.15, -0.1) is 41.3 Å². The van der Waals surface area contributed by atoms with Gasteiger partial charge in [-0.1, -0.05) is 102 Å². The van der Waals surface area contributed by atoms with Gasteiger partial charge in [0.25, 0.3) is 11.8 Å². The molecule has 1 fully saturated rings. The van der Waals surface area contributed by atoms with Crippen LogP contribution in [0.25, 0.3) is 0 Å². The zero-order valence-corrected chi connectivity index (χ0v) is 32.9. The van der Waals surface area contributed by atoms with Gasteiger partial charge in [-0.25, -0.2) is 14.6 Å². The molecule has 16 heteroatoms. The Morgan fingerprint density at radius 2 is 1.57 bits per heavy atom. The summed E-state index contributed by atoms with van der Waals surface area (Å²) in [5.41, 5.74) is 6.76. The zero-order valence-electron chi connectivity index (χ0n) is 30.4. The maximum Gasteiger partial charge on any atom is 0.511 e. The van der Waals surface area contributed by atoms with Gasteiger partial charge in [0.05, 0.1) is 11.9 Å². The molecule has 2 aliphatic heterocycles. The topological polar surface area (TPSA) is 172 Å². The highest BCUT2D eigenvalue weighted by molar-refractivity contribution is 8.06. The van der Waals surface area contributed by atoms with E-state index in [0.29, 0.717) is 4.91 Å². The summed E-state index contributed by atoms with van der Waals surface area (Å²) in [5, 5.41) is 8.37. The largest absolute Gasteiger partial charge is 0.511 e. The number of carbonyl (C=O) groups excluding carboxylic acids is 4. The Kier molecular flexibility index (Phi) is 12.7. The summed E-state index contributed by atoms with van der Waals surface area (Å²) in [6.07, 6.45) is 2.69. The second kappa shape index (κ2) is 17.8. The molecule has 1 saturated heterocycles. The van der Waals surface area contributed by atoms with E-state index in [1.807, 2.05) is 91.0 Å². The van der Waals surface area contributed by atoms with Crippen LogP contribution < -0.4 is 11.1 Å². The predicted octanol–water partition coefficient (Wildman–Crippen LogP) is 5.87. The molecule has 2 amide bonds. The Morgan fingerprint density at radius 1 is 0.982 bits per heavy atom. The first-order chi connectivity index (χ1) is 27.0. The third kappa shape index (κ3) is 8.55. The van der Waals surface area contributed by atoms with Gasteiger partial charge in [0.2, 0.25) is 11.9 Å². The summed E-state index contributed by atoms with van der Waals surface area (Å²) < 4.78 is 15.4. The van der Waals surface area contributed by atoms with Crippen molar-refractivity contribution in [3.05, 3.63) is 129 Å². The van der Waals surface area contributed by atoms with E-state index in [-0.39, 0.29) is 33.7 Å². The number of β-lactam (4-membered cyclic amide) rings is 1. The lowest BCUT2D eigenvalue weighted by Gasteiger charge is -2.49. The molecule has 13 nitrogen and oxygen atoms in total. The SMILES string of the molecule is C#CCSC1=C(C(=O)OC(C)OC(=O)OC(C)C)N2C(=O)[C@@H](NC(=O)/C(=N\OC(c3ccccc3)(c3ccccc3)c3ccccc3)c3csc(N)n3)[C@@H]2SC1. The van der Waals surface area contributed by atoms with Crippen molar-refractivity contribution in [2.75, 3.05) is 17.2 Å². The van der Waals surface area contributed by atoms with Crippen molar-refractivity contribution in [1.29, 1.82) is 0 Å². The fourth-order valence-electron chi connectivity index (χ4n) is 6.01. The van der Waals surface area contributed by atoms with Crippen LogP contribution in [0.15, 0.2) is 112 Å². The lowest BCUT2D eigenvalue weighted by atomic mass is 9.80. The van der Waals surface area contributed by atoms with E-state index in [1.165, 1.54) is 35.3 Å². The van der Waals surface area contributed by atoms with Crippen LogP contribution in [0.5, 0.6) is 0 Å². The molecule has 56 heavy (non-hydrogen) atoms. The number of ether oxygens (including phenoxy) is 3. The number of carbonyl (C=O) groups is 4. The number of oxime groups is 1.